The highest BCUT2D eigenvalue weighted by atomic mass is 32.1. The maximum atomic E-state index is 13.5. The number of pyridine rings is 1. The van der Waals surface area contributed by atoms with Crippen LogP contribution in [0.15, 0.2) is 59.4 Å². The third-order valence-corrected chi connectivity index (χ3v) is 8.55. The Balaban J connectivity index is 1.11. The van der Waals surface area contributed by atoms with Crippen LogP contribution < -0.4 is 5.32 Å². The first-order chi connectivity index (χ1) is 19.4. The van der Waals surface area contributed by atoms with Crippen LogP contribution in [-0.4, -0.2) is 69.5 Å². The summed E-state index contributed by atoms with van der Waals surface area (Å²) in [6, 6.07) is 11.7. The number of nitrogens with one attached hydrogen (secondary N) is 2. The Kier molecular flexibility index (Phi) is 6.96. The second-order valence-corrected chi connectivity index (χ2v) is 11.3. The van der Waals surface area contributed by atoms with E-state index in [2.05, 4.69) is 49.3 Å². The molecule has 1 unspecified atom stereocenters. The maximum absolute atomic E-state index is 13.5. The number of benzene rings is 1. The number of amides is 2. The van der Waals surface area contributed by atoms with Crippen molar-refractivity contribution >= 4 is 45.3 Å². The van der Waals surface area contributed by atoms with Crippen molar-refractivity contribution in [1.82, 2.24) is 25.0 Å². The molecule has 0 aliphatic carbocycles. The van der Waals surface area contributed by atoms with Crippen molar-refractivity contribution in [1.29, 1.82) is 0 Å². The number of hydrogen-bond acceptors (Lipinski definition) is 6. The van der Waals surface area contributed by atoms with Gasteiger partial charge in [0.05, 0.1) is 12.1 Å². The quantitative estimate of drug-likeness (QED) is 0.343. The lowest BCUT2D eigenvalue weighted by atomic mass is 9.87. The normalized spacial score (nSPS) is 19.4. The Morgan fingerprint density at radius 2 is 2.10 bits per heavy atom. The third kappa shape index (κ3) is 5.04. The summed E-state index contributed by atoms with van der Waals surface area (Å²) >= 11 is 1.68. The number of carbonyl (C=O) groups is 2. The van der Waals surface area contributed by atoms with Crippen molar-refractivity contribution in [2.45, 2.75) is 19.8 Å². The van der Waals surface area contributed by atoms with Gasteiger partial charge in [-0.1, -0.05) is 12.0 Å². The second kappa shape index (κ2) is 10.7. The van der Waals surface area contributed by atoms with Crippen LogP contribution >= 0.6 is 11.3 Å². The smallest absolute Gasteiger partial charge is 0.244 e. The van der Waals surface area contributed by atoms with E-state index in [-0.39, 0.29) is 18.4 Å². The Bertz CT molecular complexity index is 1650. The van der Waals surface area contributed by atoms with Crippen molar-refractivity contribution in [2.24, 2.45) is 5.41 Å². The summed E-state index contributed by atoms with van der Waals surface area (Å²) in [6.45, 7) is 4.45. The van der Waals surface area contributed by atoms with E-state index >= 15 is 0 Å². The van der Waals surface area contributed by atoms with E-state index < -0.39 is 5.41 Å². The standard InChI is InChI=1S/C31H30N6O2S/c1-3-31(10-14-36(20-31)18-28(38)37-12-7-22(8-13-37)24-9-15-40-19-24)30(39)33-25-4-5-27-26(17-25)29(35-34-27)23-6-11-32-21(2)16-23/h1,4-7,9,11,15-17,19H,8,10,12-14,18,20H2,2H3,(H,33,39)(H,34,35). The number of aryl methyl sites for hydroxylation is 1. The molecule has 1 atom stereocenters. The van der Waals surface area contributed by atoms with Gasteiger partial charge < -0.3 is 10.2 Å². The predicted octanol–water partition coefficient (Wildman–Crippen LogP) is 4.57. The van der Waals surface area contributed by atoms with E-state index in [0.717, 1.165) is 34.3 Å². The van der Waals surface area contributed by atoms with Gasteiger partial charge in [0.15, 0.2) is 0 Å². The van der Waals surface area contributed by atoms with E-state index in [1.165, 1.54) is 11.1 Å². The van der Waals surface area contributed by atoms with Gasteiger partial charge >= 0.3 is 0 Å². The number of nitrogens with zero attached hydrogens (tertiary/aromatic N) is 4. The molecular weight excluding hydrogens is 520 g/mol. The minimum Gasteiger partial charge on any atom is -0.338 e. The molecule has 1 aromatic carbocycles. The fourth-order valence-electron chi connectivity index (χ4n) is 5.54. The molecule has 0 bridgehead atoms. The van der Waals surface area contributed by atoms with Gasteiger partial charge in [-0.25, -0.2) is 0 Å². The number of rotatable bonds is 6. The van der Waals surface area contributed by atoms with Gasteiger partial charge in [0.2, 0.25) is 11.8 Å². The summed E-state index contributed by atoms with van der Waals surface area (Å²) in [6.07, 6.45) is 11.2. The van der Waals surface area contributed by atoms with Gasteiger partial charge in [0.25, 0.3) is 0 Å². The van der Waals surface area contributed by atoms with Crippen LogP contribution in [0.3, 0.4) is 0 Å². The monoisotopic (exact) mass is 550 g/mol. The largest absolute Gasteiger partial charge is 0.338 e. The summed E-state index contributed by atoms with van der Waals surface area (Å²) < 4.78 is 0. The average molecular weight is 551 g/mol. The van der Waals surface area contributed by atoms with Crippen LogP contribution in [0.25, 0.3) is 27.7 Å². The number of fused-ring (bicyclic) bond motifs is 1. The van der Waals surface area contributed by atoms with Crippen LogP contribution in [0, 0.1) is 24.7 Å². The number of thiophene rings is 1. The zero-order chi connectivity index (χ0) is 27.7. The molecule has 2 aliphatic heterocycles. The van der Waals surface area contributed by atoms with Crippen LogP contribution in [0.4, 0.5) is 5.69 Å². The molecule has 8 nitrogen and oxygen atoms in total. The highest BCUT2D eigenvalue weighted by Gasteiger charge is 2.44. The number of aromatic nitrogens is 3. The fourth-order valence-corrected chi connectivity index (χ4v) is 6.22. The highest BCUT2D eigenvalue weighted by molar-refractivity contribution is 7.08. The Labute approximate surface area is 237 Å². The van der Waals surface area contributed by atoms with Gasteiger partial charge in [0.1, 0.15) is 11.1 Å². The van der Waals surface area contributed by atoms with Crippen molar-refractivity contribution in [3.8, 4) is 23.6 Å². The summed E-state index contributed by atoms with van der Waals surface area (Å²) in [4.78, 5) is 34.7. The van der Waals surface area contributed by atoms with E-state index in [4.69, 9.17) is 6.42 Å². The first kappa shape index (κ1) is 26.0. The first-order valence-corrected chi connectivity index (χ1v) is 14.3. The molecule has 4 aromatic rings. The van der Waals surface area contributed by atoms with Gasteiger partial charge in [0, 0.05) is 54.7 Å². The molecular formula is C31H30N6O2S. The number of terminal acetylenes is 1. The lowest BCUT2D eigenvalue weighted by Crippen LogP contribution is -2.43. The molecule has 3 aromatic heterocycles. The van der Waals surface area contributed by atoms with Crippen LogP contribution in [0.2, 0.25) is 0 Å². The number of likely N-dealkylation sites (tertiary alicyclic amines) is 1. The lowest BCUT2D eigenvalue weighted by Gasteiger charge is -2.29. The zero-order valence-electron chi connectivity index (χ0n) is 22.3. The van der Waals surface area contributed by atoms with Gasteiger partial charge in [-0.3, -0.25) is 24.6 Å². The van der Waals surface area contributed by atoms with E-state index in [9.17, 15) is 9.59 Å². The van der Waals surface area contributed by atoms with E-state index in [1.807, 2.05) is 47.1 Å². The molecule has 202 valence electrons. The van der Waals surface area contributed by atoms with Crippen molar-refractivity contribution in [3.63, 3.8) is 0 Å². The van der Waals surface area contributed by atoms with Crippen molar-refractivity contribution in [3.05, 3.63) is 70.7 Å². The van der Waals surface area contributed by atoms with Crippen molar-refractivity contribution in [2.75, 3.05) is 38.0 Å². The summed E-state index contributed by atoms with van der Waals surface area (Å²) in [5.41, 5.74) is 5.71. The summed E-state index contributed by atoms with van der Waals surface area (Å²) in [5.74, 6) is 2.61. The Morgan fingerprint density at radius 3 is 2.85 bits per heavy atom. The van der Waals surface area contributed by atoms with Crippen LogP contribution in [-0.2, 0) is 9.59 Å². The number of carbonyl (C=O) groups excluding carboxylic acids is 2. The SMILES string of the molecule is C#CC1(C(=O)Nc2ccc3[nH]nc(-c4ccnc(C)c4)c3c2)CCN(CC(=O)N2CC=C(c3ccsc3)CC2)C1. The first-order valence-electron chi connectivity index (χ1n) is 13.4. The predicted molar refractivity (Wildman–Crippen MR) is 159 cm³/mol. The molecule has 2 aliphatic rings. The van der Waals surface area contributed by atoms with Crippen LogP contribution in [0.1, 0.15) is 24.1 Å². The topological polar surface area (TPSA) is 94.2 Å². The molecule has 1 fully saturated rings. The number of anilines is 1. The van der Waals surface area contributed by atoms with Gasteiger partial charge in [-0.2, -0.15) is 16.4 Å². The Morgan fingerprint density at radius 1 is 1.20 bits per heavy atom. The number of hydrogen-bond donors (Lipinski definition) is 2. The third-order valence-electron chi connectivity index (χ3n) is 7.86. The number of H-pyrrole nitrogens is 1. The zero-order valence-corrected chi connectivity index (χ0v) is 23.1. The van der Waals surface area contributed by atoms with Crippen LogP contribution in [0.5, 0.6) is 0 Å². The molecule has 40 heavy (non-hydrogen) atoms. The average Bonchev–Trinajstić information content (AvgIpc) is 3.73. The second-order valence-electron chi connectivity index (χ2n) is 10.5. The van der Waals surface area contributed by atoms with E-state index in [0.29, 0.717) is 38.3 Å². The molecule has 1 saturated heterocycles. The molecule has 0 saturated carbocycles. The Hall–Kier alpha value is -4.26. The molecule has 0 radical (unpaired) electrons. The van der Waals surface area contributed by atoms with E-state index in [1.54, 1.807) is 17.5 Å². The van der Waals surface area contributed by atoms with Gasteiger partial charge in [-0.05, 0) is 78.1 Å². The molecule has 0 spiro atoms. The van der Waals surface area contributed by atoms with Crippen molar-refractivity contribution < 1.29 is 9.59 Å². The van der Waals surface area contributed by atoms with Gasteiger partial charge in [-0.15, -0.1) is 6.42 Å². The minimum atomic E-state index is -0.995. The summed E-state index contributed by atoms with van der Waals surface area (Å²) in [7, 11) is 0. The number of aromatic amines is 1. The molecule has 6 rings (SSSR count). The summed E-state index contributed by atoms with van der Waals surface area (Å²) in [5, 5.41) is 15.7. The minimum absolute atomic E-state index is 0.0677. The molecule has 9 heteroatoms. The molecule has 2 N–H and O–H groups in total. The molecule has 2 amide bonds. The highest BCUT2D eigenvalue weighted by Crippen LogP contribution is 2.33. The fraction of sp³-hybridized carbons (Fsp3) is 0.290. The molecule has 5 heterocycles. The maximum Gasteiger partial charge on any atom is 0.244 e. The lowest BCUT2D eigenvalue weighted by molar-refractivity contribution is -0.132.